The van der Waals surface area contributed by atoms with Crippen molar-refractivity contribution in [3.8, 4) is 6.07 Å². The summed E-state index contributed by atoms with van der Waals surface area (Å²) in [6, 6.07) is 7.94. The lowest BCUT2D eigenvalue weighted by molar-refractivity contribution is 0.633. The van der Waals surface area contributed by atoms with Gasteiger partial charge in [-0.05, 0) is 31.9 Å². The first kappa shape index (κ1) is 16.6. The molecule has 134 valence electrons. The number of rotatable bonds is 3. The summed E-state index contributed by atoms with van der Waals surface area (Å²) in [5.74, 6) is 2.81. The van der Waals surface area contributed by atoms with E-state index in [1.807, 2.05) is 19.1 Å². The van der Waals surface area contributed by atoms with Crippen LogP contribution in [0.5, 0.6) is 0 Å². The van der Waals surface area contributed by atoms with Crippen molar-refractivity contribution in [3.63, 3.8) is 0 Å². The van der Waals surface area contributed by atoms with Crippen LogP contribution < -0.4 is 14.7 Å². The van der Waals surface area contributed by atoms with Gasteiger partial charge < -0.3 is 14.7 Å². The third-order valence-electron chi connectivity index (χ3n) is 5.02. The van der Waals surface area contributed by atoms with Crippen molar-refractivity contribution in [2.75, 3.05) is 54.0 Å². The summed E-state index contributed by atoms with van der Waals surface area (Å²) in [6.45, 7) is 7.70. The van der Waals surface area contributed by atoms with Gasteiger partial charge in [-0.2, -0.15) is 10.2 Å². The Morgan fingerprint density at radius 2 is 1.58 bits per heavy atom. The molecule has 2 saturated heterocycles. The van der Waals surface area contributed by atoms with Crippen LogP contribution >= 0.6 is 0 Å². The Bertz CT molecular complexity index is 798. The summed E-state index contributed by atoms with van der Waals surface area (Å²) in [5, 5.41) is 8.90. The van der Waals surface area contributed by atoms with Gasteiger partial charge in [0.1, 0.15) is 17.7 Å². The molecule has 0 spiro atoms. The van der Waals surface area contributed by atoms with Gasteiger partial charge in [0, 0.05) is 57.2 Å². The van der Waals surface area contributed by atoms with Crippen molar-refractivity contribution in [1.82, 2.24) is 15.0 Å². The largest absolute Gasteiger partial charge is 0.356 e. The minimum absolute atomic E-state index is 0.593. The highest BCUT2D eigenvalue weighted by Gasteiger charge is 2.22. The average molecular weight is 349 g/mol. The molecule has 2 aromatic heterocycles. The molecular formula is C19H23N7. The molecule has 2 aliphatic heterocycles. The fraction of sp³-hybridized carbons (Fsp3) is 0.474. The van der Waals surface area contributed by atoms with Gasteiger partial charge in [-0.1, -0.05) is 0 Å². The van der Waals surface area contributed by atoms with E-state index in [1.165, 1.54) is 12.8 Å². The first-order chi connectivity index (χ1) is 12.7. The van der Waals surface area contributed by atoms with Crippen molar-refractivity contribution in [1.29, 1.82) is 5.26 Å². The molecule has 0 atom stereocenters. The minimum atomic E-state index is 0.593. The van der Waals surface area contributed by atoms with Crippen LogP contribution in [0, 0.1) is 18.3 Å². The summed E-state index contributed by atoms with van der Waals surface area (Å²) < 4.78 is 0. The number of anilines is 3. The highest BCUT2D eigenvalue weighted by atomic mass is 15.3. The summed E-state index contributed by atoms with van der Waals surface area (Å²) in [5.41, 5.74) is 1.61. The Labute approximate surface area is 153 Å². The Balaban J connectivity index is 1.45. The molecule has 0 radical (unpaired) electrons. The monoisotopic (exact) mass is 349 g/mol. The summed E-state index contributed by atoms with van der Waals surface area (Å²) in [6.07, 6.45) is 4.12. The van der Waals surface area contributed by atoms with Gasteiger partial charge in [-0.3, -0.25) is 0 Å². The van der Waals surface area contributed by atoms with E-state index >= 15 is 0 Å². The predicted molar refractivity (Wildman–Crippen MR) is 102 cm³/mol. The lowest BCUT2D eigenvalue weighted by Gasteiger charge is -2.35. The molecule has 0 N–H and O–H groups in total. The molecule has 0 aliphatic carbocycles. The SMILES string of the molecule is Cc1cc(N2CCCC2)nc(N2CCN(c3ccc(C#N)cn3)CC2)n1. The molecule has 2 aliphatic rings. The molecule has 0 bridgehead atoms. The zero-order valence-corrected chi connectivity index (χ0v) is 15.1. The second-order valence-electron chi connectivity index (χ2n) is 6.85. The van der Waals surface area contributed by atoms with Crippen LogP contribution in [0.2, 0.25) is 0 Å². The molecule has 0 unspecified atom stereocenters. The number of hydrogen-bond donors (Lipinski definition) is 0. The number of nitriles is 1. The number of pyridine rings is 1. The van der Waals surface area contributed by atoms with Gasteiger partial charge in [-0.15, -0.1) is 0 Å². The third-order valence-corrected chi connectivity index (χ3v) is 5.02. The normalized spacial score (nSPS) is 17.5. The van der Waals surface area contributed by atoms with Crippen LogP contribution in [0.4, 0.5) is 17.6 Å². The Morgan fingerprint density at radius 1 is 0.885 bits per heavy atom. The van der Waals surface area contributed by atoms with Crippen molar-refractivity contribution < 1.29 is 0 Å². The summed E-state index contributed by atoms with van der Waals surface area (Å²) in [4.78, 5) is 20.8. The van der Waals surface area contributed by atoms with Crippen molar-refractivity contribution in [2.24, 2.45) is 0 Å². The maximum Gasteiger partial charge on any atom is 0.227 e. The van der Waals surface area contributed by atoms with Crippen LogP contribution in [0.3, 0.4) is 0 Å². The fourth-order valence-corrected chi connectivity index (χ4v) is 3.56. The highest BCUT2D eigenvalue weighted by Crippen LogP contribution is 2.23. The lowest BCUT2D eigenvalue weighted by atomic mass is 10.2. The standard InChI is InChI=1S/C19H23N7/c1-15-12-18(24-6-2-3-7-24)23-19(22-15)26-10-8-25(9-11-26)17-5-4-16(13-20)14-21-17/h4-5,12,14H,2-3,6-11H2,1H3. The van der Waals surface area contributed by atoms with E-state index in [0.29, 0.717) is 5.56 Å². The van der Waals surface area contributed by atoms with E-state index in [-0.39, 0.29) is 0 Å². The number of aromatic nitrogens is 3. The number of nitrogens with zero attached hydrogens (tertiary/aromatic N) is 7. The molecule has 2 aromatic rings. The van der Waals surface area contributed by atoms with E-state index in [0.717, 1.165) is 62.5 Å². The first-order valence-corrected chi connectivity index (χ1v) is 9.19. The zero-order chi connectivity index (χ0) is 17.9. The van der Waals surface area contributed by atoms with Crippen LogP contribution in [-0.2, 0) is 0 Å². The molecule has 4 rings (SSSR count). The Morgan fingerprint density at radius 3 is 2.23 bits per heavy atom. The van der Waals surface area contributed by atoms with Crippen LogP contribution in [-0.4, -0.2) is 54.2 Å². The Kier molecular flexibility index (Phi) is 4.57. The van der Waals surface area contributed by atoms with E-state index in [9.17, 15) is 0 Å². The molecule has 0 amide bonds. The van der Waals surface area contributed by atoms with Gasteiger partial charge in [-0.25, -0.2) is 9.97 Å². The highest BCUT2D eigenvalue weighted by molar-refractivity contribution is 5.48. The molecule has 2 fully saturated rings. The van der Waals surface area contributed by atoms with Gasteiger partial charge in [0.25, 0.3) is 0 Å². The van der Waals surface area contributed by atoms with Crippen LogP contribution in [0.25, 0.3) is 0 Å². The lowest BCUT2D eigenvalue weighted by Crippen LogP contribution is -2.47. The second-order valence-corrected chi connectivity index (χ2v) is 6.85. The molecule has 26 heavy (non-hydrogen) atoms. The van der Waals surface area contributed by atoms with Crippen LogP contribution in [0.1, 0.15) is 24.1 Å². The van der Waals surface area contributed by atoms with Crippen LogP contribution in [0.15, 0.2) is 24.4 Å². The maximum absolute atomic E-state index is 8.90. The molecule has 0 saturated carbocycles. The van der Waals surface area contributed by atoms with E-state index in [1.54, 1.807) is 6.20 Å². The van der Waals surface area contributed by atoms with Gasteiger partial charge in [0.15, 0.2) is 0 Å². The van der Waals surface area contributed by atoms with Crippen molar-refractivity contribution in [2.45, 2.75) is 19.8 Å². The summed E-state index contributed by atoms with van der Waals surface area (Å²) in [7, 11) is 0. The van der Waals surface area contributed by atoms with Gasteiger partial charge in [0.2, 0.25) is 5.95 Å². The smallest absolute Gasteiger partial charge is 0.227 e. The average Bonchev–Trinajstić information content (AvgIpc) is 3.23. The molecule has 7 heteroatoms. The third kappa shape index (κ3) is 3.40. The van der Waals surface area contributed by atoms with Crippen molar-refractivity contribution in [3.05, 3.63) is 35.7 Å². The summed E-state index contributed by atoms with van der Waals surface area (Å²) >= 11 is 0. The molecule has 4 heterocycles. The van der Waals surface area contributed by atoms with E-state index < -0.39 is 0 Å². The zero-order valence-electron chi connectivity index (χ0n) is 15.1. The number of hydrogen-bond acceptors (Lipinski definition) is 7. The van der Waals surface area contributed by atoms with Gasteiger partial charge >= 0.3 is 0 Å². The number of aryl methyl sites for hydroxylation is 1. The second kappa shape index (κ2) is 7.16. The van der Waals surface area contributed by atoms with E-state index in [4.69, 9.17) is 10.2 Å². The molecule has 0 aromatic carbocycles. The maximum atomic E-state index is 8.90. The quantitative estimate of drug-likeness (QED) is 0.839. The Hall–Kier alpha value is -2.88. The fourth-order valence-electron chi connectivity index (χ4n) is 3.56. The van der Waals surface area contributed by atoms with Crippen molar-refractivity contribution >= 4 is 17.6 Å². The molecular weight excluding hydrogens is 326 g/mol. The topological polar surface area (TPSA) is 72.2 Å². The minimum Gasteiger partial charge on any atom is -0.356 e. The first-order valence-electron chi connectivity index (χ1n) is 9.19. The van der Waals surface area contributed by atoms with E-state index in [2.05, 4.69) is 36.8 Å². The molecule has 7 nitrogen and oxygen atoms in total. The number of piperazine rings is 1. The van der Waals surface area contributed by atoms with Gasteiger partial charge in [0.05, 0.1) is 5.56 Å². The predicted octanol–water partition coefficient (Wildman–Crippen LogP) is 1.98.